The highest BCUT2D eigenvalue weighted by Gasteiger charge is 2.29. The minimum Gasteiger partial charge on any atom is -0.356 e. The van der Waals surface area contributed by atoms with Gasteiger partial charge in [0.15, 0.2) is 0 Å². The topological polar surface area (TPSA) is 66.5 Å². The summed E-state index contributed by atoms with van der Waals surface area (Å²) in [4.78, 5) is 12.2. The second kappa shape index (κ2) is 7.87. The van der Waals surface area contributed by atoms with Gasteiger partial charge in [-0.1, -0.05) is 30.7 Å². The summed E-state index contributed by atoms with van der Waals surface area (Å²) < 4.78 is 25.3. The Morgan fingerprint density at radius 1 is 1.20 bits per heavy atom. The molecule has 0 radical (unpaired) electrons. The molecule has 138 valence electrons. The molecule has 1 aromatic rings. The van der Waals surface area contributed by atoms with Gasteiger partial charge in [0.25, 0.3) is 0 Å². The minimum atomic E-state index is -3.15. The second-order valence-electron chi connectivity index (χ2n) is 7.41. The van der Waals surface area contributed by atoms with E-state index in [0.29, 0.717) is 31.8 Å². The predicted molar refractivity (Wildman–Crippen MR) is 98.8 cm³/mol. The van der Waals surface area contributed by atoms with Crippen LogP contribution in [-0.2, 0) is 27.7 Å². The number of nitrogens with one attached hydrogen (secondary N) is 1. The second-order valence-corrected chi connectivity index (χ2v) is 9.34. The molecule has 0 aromatic heterocycles. The van der Waals surface area contributed by atoms with E-state index in [4.69, 9.17) is 0 Å². The minimum absolute atomic E-state index is 0.0276. The highest BCUT2D eigenvalue weighted by molar-refractivity contribution is 7.88. The van der Waals surface area contributed by atoms with Crippen molar-refractivity contribution in [3.05, 3.63) is 35.4 Å². The molecule has 0 saturated carbocycles. The van der Waals surface area contributed by atoms with Crippen LogP contribution in [0.2, 0.25) is 0 Å². The molecule has 1 fully saturated rings. The highest BCUT2D eigenvalue weighted by Crippen LogP contribution is 2.28. The number of nitrogens with zero attached hydrogens (tertiary/aromatic N) is 1. The Labute approximate surface area is 150 Å². The summed E-state index contributed by atoms with van der Waals surface area (Å²) in [5.74, 6) is 0.471. The highest BCUT2D eigenvalue weighted by atomic mass is 32.2. The number of rotatable bonds is 6. The molecule has 1 aliphatic heterocycles. The molecular formula is C19H28N2O3S. The summed E-state index contributed by atoms with van der Waals surface area (Å²) in [5, 5.41) is 3.00. The van der Waals surface area contributed by atoms with Crippen molar-refractivity contribution < 1.29 is 13.2 Å². The van der Waals surface area contributed by atoms with Crippen molar-refractivity contribution >= 4 is 15.9 Å². The maximum atomic E-state index is 12.2. The van der Waals surface area contributed by atoms with Gasteiger partial charge in [-0.05, 0) is 49.1 Å². The van der Waals surface area contributed by atoms with Gasteiger partial charge in [-0.2, -0.15) is 4.31 Å². The summed E-state index contributed by atoms with van der Waals surface area (Å²) in [6, 6.07) is 8.43. The molecule has 2 aliphatic rings. The first-order valence-corrected chi connectivity index (χ1v) is 11.1. The molecule has 1 unspecified atom stereocenters. The molecule has 1 amide bonds. The first kappa shape index (κ1) is 18.4. The summed E-state index contributed by atoms with van der Waals surface area (Å²) in [6.07, 6.45) is 7.37. The van der Waals surface area contributed by atoms with Crippen molar-refractivity contribution in [1.82, 2.24) is 9.62 Å². The Bertz CT molecular complexity index is 692. The van der Waals surface area contributed by atoms with E-state index in [-0.39, 0.29) is 11.9 Å². The number of benzene rings is 1. The zero-order chi connectivity index (χ0) is 17.9. The van der Waals surface area contributed by atoms with Crippen molar-refractivity contribution in [3.63, 3.8) is 0 Å². The lowest BCUT2D eigenvalue weighted by molar-refractivity contribution is -0.122. The third-order valence-corrected chi connectivity index (χ3v) is 6.74. The molecule has 1 aliphatic carbocycles. The molecule has 3 rings (SSSR count). The van der Waals surface area contributed by atoms with Crippen molar-refractivity contribution in [1.29, 1.82) is 0 Å². The van der Waals surface area contributed by atoms with E-state index < -0.39 is 10.0 Å². The van der Waals surface area contributed by atoms with Crippen LogP contribution in [0.4, 0.5) is 0 Å². The molecule has 25 heavy (non-hydrogen) atoms. The average molecular weight is 365 g/mol. The van der Waals surface area contributed by atoms with Gasteiger partial charge >= 0.3 is 0 Å². The lowest BCUT2D eigenvalue weighted by Gasteiger charge is -2.33. The third kappa shape index (κ3) is 4.82. The van der Waals surface area contributed by atoms with Crippen LogP contribution >= 0.6 is 0 Å². The Balaban J connectivity index is 1.42. The predicted octanol–water partition coefficient (Wildman–Crippen LogP) is 2.11. The van der Waals surface area contributed by atoms with Gasteiger partial charge in [0.2, 0.25) is 15.9 Å². The quantitative estimate of drug-likeness (QED) is 0.841. The Morgan fingerprint density at radius 3 is 2.52 bits per heavy atom. The van der Waals surface area contributed by atoms with Crippen molar-refractivity contribution in [2.75, 3.05) is 19.3 Å². The van der Waals surface area contributed by atoms with Crippen LogP contribution in [0.15, 0.2) is 24.3 Å². The maximum absolute atomic E-state index is 12.2. The molecule has 1 heterocycles. The fraction of sp³-hybridized carbons (Fsp3) is 0.632. The summed E-state index contributed by atoms with van der Waals surface area (Å²) in [6.45, 7) is 1.16. The number of carbonyl (C=O) groups is 1. The zero-order valence-electron chi connectivity index (χ0n) is 14.9. The van der Waals surface area contributed by atoms with Crippen molar-refractivity contribution in [2.24, 2.45) is 5.92 Å². The lowest BCUT2D eigenvalue weighted by Crippen LogP contribution is -2.44. The molecular weight excluding hydrogens is 336 g/mol. The van der Waals surface area contributed by atoms with Crippen LogP contribution in [0.25, 0.3) is 0 Å². The van der Waals surface area contributed by atoms with Gasteiger partial charge in [-0.3, -0.25) is 4.79 Å². The Hall–Kier alpha value is -1.40. The lowest BCUT2D eigenvalue weighted by atomic mass is 10.0. The van der Waals surface area contributed by atoms with Crippen LogP contribution in [0.3, 0.4) is 0 Å². The first-order chi connectivity index (χ1) is 11.9. The van der Waals surface area contributed by atoms with Gasteiger partial charge in [0, 0.05) is 25.6 Å². The largest absolute Gasteiger partial charge is 0.356 e. The maximum Gasteiger partial charge on any atom is 0.220 e. The van der Waals surface area contributed by atoms with Gasteiger partial charge in [0.05, 0.1) is 6.26 Å². The zero-order valence-corrected chi connectivity index (χ0v) is 15.7. The molecule has 0 spiro atoms. The summed E-state index contributed by atoms with van der Waals surface area (Å²) >= 11 is 0. The van der Waals surface area contributed by atoms with Crippen LogP contribution in [0, 0.1) is 5.92 Å². The third-order valence-electron chi connectivity index (χ3n) is 5.41. The number of hydrogen-bond acceptors (Lipinski definition) is 3. The number of amides is 1. The molecule has 1 atom stereocenters. The van der Waals surface area contributed by atoms with Gasteiger partial charge in [-0.15, -0.1) is 0 Å². The Morgan fingerprint density at radius 2 is 1.88 bits per heavy atom. The van der Waals surface area contributed by atoms with Crippen LogP contribution in [0.1, 0.15) is 43.2 Å². The molecule has 1 N–H and O–H groups in total. The molecule has 1 saturated heterocycles. The van der Waals surface area contributed by atoms with Crippen LogP contribution in [0.5, 0.6) is 0 Å². The SMILES string of the molecule is CS(=O)(=O)N1CCCCC1CCNC(=O)CC1Cc2ccccc2C1. The number of fused-ring (bicyclic) bond motifs is 1. The fourth-order valence-corrected chi connectivity index (χ4v) is 5.42. The van der Waals surface area contributed by atoms with E-state index >= 15 is 0 Å². The van der Waals surface area contributed by atoms with Gasteiger partial charge in [0.1, 0.15) is 0 Å². The molecule has 1 aromatic carbocycles. The number of hydrogen-bond donors (Lipinski definition) is 1. The van der Waals surface area contributed by atoms with E-state index in [1.54, 1.807) is 4.31 Å². The molecule has 6 heteroatoms. The van der Waals surface area contributed by atoms with Crippen LogP contribution in [-0.4, -0.2) is 44.0 Å². The van der Waals surface area contributed by atoms with E-state index in [1.807, 2.05) is 0 Å². The first-order valence-electron chi connectivity index (χ1n) is 9.24. The molecule has 0 bridgehead atoms. The number of piperidine rings is 1. The standard InChI is InChI=1S/C19H28N2O3S/c1-25(23,24)21-11-5-4-8-18(21)9-10-20-19(22)14-15-12-16-6-2-3-7-17(16)13-15/h2-3,6-7,15,18H,4-5,8-14H2,1H3,(H,20,22). The normalized spacial score (nSPS) is 21.9. The van der Waals surface area contributed by atoms with Crippen LogP contribution < -0.4 is 5.32 Å². The smallest absolute Gasteiger partial charge is 0.220 e. The number of carbonyl (C=O) groups excluding carboxylic acids is 1. The summed E-state index contributed by atoms with van der Waals surface area (Å²) in [5.41, 5.74) is 2.73. The van der Waals surface area contributed by atoms with E-state index in [1.165, 1.54) is 17.4 Å². The van der Waals surface area contributed by atoms with Gasteiger partial charge < -0.3 is 5.32 Å². The van der Waals surface area contributed by atoms with Crippen molar-refractivity contribution in [3.8, 4) is 0 Å². The van der Waals surface area contributed by atoms with E-state index in [2.05, 4.69) is 29.6 Å². The van der Waals surface area contributed by atoms with E-state index in [9.17, 15) is 13.2 Å². The summed E-state index contributed by atoms with van der Waals surface area (Å²) in [7, 11) is -3.15. The monoisotopic (exact) mass is 364 g/mol. The number of sulfonamides is 1. The van der Waals surface area contributed by atoms with Gasteiger partial charge in [-0.25, -0.2) is 8.42 Å². The Kier molecular flexibility index (Phi) is 5.79. The fourth-order valence-electron chi connectivity index (χ4n) is 4.21. The van der Waals surface area contributed by atoms with Crippen molar-refractivity contribution in [2.45, 2.75) is 51.0 Å². The molecule has 5 nitrogen and oxygen atoms in total. The average Bonchev–Trinajstić information content (AvgIpc) is 2.96. The van der Waals surface area contributed by atoms with E-state index in [0.717, 1.165) is 32.1 Å².